The zero-order valence-electron chi connectivity index (χ0n) is 12.7. The number of hydrogen-bond donors (Lipinski definition) is 1. The maximum Gasteiger partial charge on any atom is 0.305 e. The van der Waals surface area contributed by atoms with Crippen molar-refractivity contribution in [2.24, 2.45) is 0 Å². The molecule has 0 saturated heterocycles. The van der Waals surface area contributed by atoms with Gasteiger partial charge in [0.25, 0.3) is 0 Å². The van der Waals surface area contributed by atoms with Gasteiger partial charge in [-0.2, -0.15) is 0 Å². The molecular formula is C16H25NO3. The number of esters is 1. The van der Waals surface area contributed by atoms with Crippen LogP contribution in [0, 0.1) is 13.8 Å². The molecule has 0 heterocycles. The van der Waals surface area contributed by atoms with Crippen molar-refractivity contribution in [3.8, 4) is 5.75 Å². The Labute approximate surface area is 121 Å². The summed E-state index contributed by atoms with van der Waals surface area (Å²) in [6.45, 7) is 6.90. The van der Waals surface area contributed by atoms with Gasteiger partial charge in [-0.25, -0.2) is 0 Å². The summed E-state index contributed by atoms with van der Waals surface area (Å²) >= 11 is 0. The van der Waals surface area contributed by atoms with Crippen molar-refractivity contribution < 1.29 is 14.3 Å². The van der Waals surface area contributed by atoms with Gasteiger partial charge in [-0.05, 0) is 63.3 Å². The highest BCUT2D eigenvalue weighted by atomic mass is 16.5. The Hall–Kier alpha value is -1.71. The molecule has 0 saturated carbocycles. The number of hydrogen-bond acceptors (Lipinski definition) is 4. The average Bonchev–Trinajstić information content (AvgIpc) is 2.39. The molecule has 1 rings (SSSR count). The summed E-state index contributed by atoms with van der Waals surface area (Å²) in [5, 5.41) is 0. The van der Waals surface area contributed by atoms with E-state index in [2.05, 4.69) is 0 Å². The summed E-state index contributed by atoms with van der Waals surface area (Å²) in [5.74, 6) is 0.778. The average molecular weight is 279 g/mol. The van der Waals surface area contributed by atoms with Gasteiger partial charge in [-0.15, -0.1) is 0 Å². The zero-order valence-corrected chi connectivity index (χ0v) is 12.7. The van der Waals surface area contributed by atoms with E-state index in [4.69, 9.17) is 15.2 Å². The summed E-state index contributed by atoms with van der Waals surface area (Å²) in [6.07, 6.45) is 3.24. The Morgan fingerprint density at radius 1 is 1.15 bits per heavy atom. The van der Waals surface area contributed by atoms with Crippen molar-refractivity contribution in [3.05, 3.63) is 23.3 Å². The van der Waals surface area contributed by atoms with Crippen LogP contribution >= 0.6 is 0 Å². The summed E-state index contributed by atoms with van der Waals surface area (Å²) in [7, 11) is 0. The van der Waals surface area contributed by atoms with Crippen LogP contribution in [-0.2, 0) is 9.53 Å². The molecule has 0 amide bonds. The number of rotatable bonds is 8. The van der Waals surface area contributed by atoms with Gasteiger partial charge in [0, 0.05) is 12.1 Å². The van der Waals surface area contributed by atoms with E-state index < -0.39 is 0 Å². The second-order valence-corrected chi connectivity index (χ2v) is 4.94. The van der Waals surface area contributed by atoms with E-state index in [0.717, 1.165) is 41.8 Å². The molecule has 1 aromatic carbocycles. The van der Waals surface area contributed by atoms with Crippen molar-refractivity contribution in [1.29, 1.82) is 0 Å². The smallest absolute Gasteiger partial charge is 0.305 e. The quantitative estimate of drug-likeness (QED) is 0.450. The van der Waals surface area contributed by atoms with Crippen molar-refractivity contribution in [1.82, 2.24) is 0 Å². The highest BCUT2D eigenvalue weighted by molar-refractivity contribution is 5.69. The Morgan fingerprint density at radius 3 is 2.60 bits per heavy atom. The molecule has 112 valence electrons. The molecule has 0 fully saturated rings. The third-order valence-electron chi connectivity index (χ3n) is 3.15. The Bertz CT molecular complexity index is 444. The molecule has 4 heteroatoms. The Morgan fingerprint density at radius 2 is 1.90 bits per heavy atom. The van der Waals surface area contributed by atoms with Crippen molar-refractivity contribution in [2.75, 3.05) is 18.9 Å². The number of benzene rings is 1. The number of ether oxygens (including phenoxy) is 2. The van der Waals surface area contributed by atoms with Crippen molar-refractivity contribution in [3.63, 3.8) is 0 Å². The summed E-state index contributed by atoms with van der Waals surface area (Å²) in [6, 6.07) is 3.91. The predicted molar refractivity (Wildman–Crippen MR) is 80.9 cm³/mol. The number of unbranched alkanes of at least 4 members (excludes halogenated alkanes) is 2. The first-order chi connectivity index (χ1) is 9.54. The number of carbonyl (C=O) groups excluding carboxylic acids is 1. The van der Waals surface area contributed by atoms with Gasteiger partial charge in [-0.1, -0.05) is 0 Å². The minimum atomic E-state index is -0.113. The van der Waals surface area contributed by atoms with E-state index >= 15 is 0 Å². The van der Waals surface area contributed by atoms with Gasteiger partial charge in [0.2, 0.25) is 0 Å². The van der Waals surface area contributed by atoms with E-state index in [1.807, 2.05) is 32.9 Å². The number of nitrogens with two attached hydrogens (primary N) is 1. The third-order valence-corrected chi connectivity index (χ3v) is 3.15. The summed E-state index contributed by atoms with van der Waals surface area (Å²) in [5.41, 5.74) is 8.72. The van der Waals surface area contributed by atoms with Crippen LogP contribution in [0.4, 0.5) is 5.69 Å². The molecule has 0 aliphatic carbocycles. The van der Waals surface area contributed by atoms with Crippen LogP contribution in [0.25, 0.3) is 0 Å². The van der Waals surface area contributed by atoms with Gasteiger partial charge in [0.1, 0.15) is 5.75 Å². The Balaban J connectivity index is 2.22. The van der Waals surface area contributed by atoms with Crippen molar-refractivity contribution in [2.45, 2.75) is 46.5 Å². The zero-order chi connectivity index (χ0) is 15.0. The fraction of sp³-hybridized carbons (Fsp3) is 0.562. The highest BCUT2D eigenvalue weighted by Gasteiger charge is 2.04. The van der Waals surface area contributed by atoms with Gasteiger partial charge < -0.3 is 15.2 Å². The molecule has 2 N–H and O–H groups in total. The second-order valence-electron chi connectivity index (χ2n) is 4.94. The van der Waals surface area contributed by atoms with E-state index in [1.165, 1.54) is 0 Å². The molecule has 4 nitrogen and oxygen atoms in total. The van der Waals surface area contributed by atoms with Crippen LogP contribution in [0.15, 0.2) is 12.1 Å². The number of aryl methyl sites for hydroxylation is 2. The van der Waals surface area contributed by atoms with Gasteiger partial charge in [0.15, 0.2) is 0 Å². The van der Waals surface area contributed by atoms with Crippen molar-refractivity contribution >= 4 is 11.7 Å². The molecule has 0 aromatic heterocycles. The van der Waals surface area contributed by atoms with Crippen LogP contribution in [0.3, 0.4) is 0 Å². The topological polar surface area (TPSA) is 61.5 Å². The number of anilines is 1. The molecule has 1 aromatic rings. The van der Waals surface area contributed by atoms with Gasteiger partial charge in [-0.3, -0.25) is 4.79 Å². The minimum Gasteiger partial charge on any atom is -0.493 e. The van der Waals surface area contributed by atoms with E-state index in [0.29, 0.717) is 19.6 Å². The maximum absolute atomic E-state index is 11.1. The first-order valence-electron chi connectivity index (χ1n) is 7.19. The molecule has 0 radical (unpaired) electrons. The van der Waals surface area contributed by atoms with Crippen LogP contribution in [0.1, 0.15) is 43.7 Å². The summed E-state index contributed by atoms with van der Waals surface area (Å²) < 4.78 is 10.6. The minimum absolute atomic E-state index is 0.113. The fourth-order valence-electron chi connectivity index (χ4n) is 1.93. The van der Waals surface area contributed by atoms with Gasteiger partial charge in [0.05, 0.1) is 13.2 Å². The standard InChI is InChI=1S/C16H25NO3/c1-4-19-16(18)8-6-5-7-9-20-15-11-12(2)14(17)10-13(15)3/h10-11H,4-9,17H2,1-3H3. The molecule has 0 aliphatic heterocycles. The number of nitrogen functional groups attached to an aromatic ring is 1. The Kier molecular flexibility index (Phi) is 6.91. The normalized spacial score (nSPS) is 10.3. The monoisotopic (exact) mass is 279 g/mol. The van der Waals surface area contributed by atoms with Crippen LogP contribution in [0.5, 0.6) is 5.75 Å². The molecule has 20 heavy (non-hydrogen) atoms. The highest BCUT2D eigenvalue weighted by Crippen LogP contribution is 2.24. The van der Waals surface area contributed by atoms with Crippen LogP contribution in [0.2, 0.25) is 0 Å². The van der Waals surface area contributed by atoms with E-state index in [1.54, 1.807) is 0 Å². The first-order valence-corrected chi connectivity index (χ1v) is 7.19. The first kappa shape index (κ1) is 16.3. The van der Waals surface area contributed by atoms with Crippen LogP contribution < -0.4 is 10.5 Å². The lowest BCUT2D eigenvalue weighted by Gasteiger charge is -2.11. The molecule has 0 spiro atoms. The molecule has 0 aliphatic rings. The lowest BCUT2D eigenvalue weighted by Crippen LogP contribution is -2.04. The second kappa shape index (κ2) is 8.46. The maximum atomic E-state index is 11.1. The number of carbonyl (C=O) groups is 1. The van der Waals surface area contributed by atoms with Gasteiger partial charge >= 0.3 is 5.97 Å². The molecule has 0 atom stereocenters. The largest absolute Gasteiger partial charge is 0.493 e. The predicted octanol–water partition coefficient (Wildman–Crippen LogP) is 3.39. The molecular weight excluding hydrogens is 254 g/mol. The molecule has 0 unspecified atom stereocenters. The van der Waals surface area contributed by atoms with E-state index in [9.17, 15) is 4.79 Å². The SMILES string of the molecule is CCOC(=O)CCCCCOc1cc(C)c(N)cc1C. The lowest BCUT2D eigenvalue weighted by atomic mass is 10.1. The summed E-state index contributed by atoms with van der Waals surface area (Å²) in [4.78, 5) is 11.1. The molecule has 0 bridgehead atoms. The lowest BCUT2D eigenvalue weighted by molar-refractivity contribution is -0.143. The fourth-order valence-corrected chi connectivity index (χ4v) is 1.93. The van der Waals surface area contributed by atoms with Crippen LogP contribution in [-0.4, -0.2) is 19.2 Å². The van der Waals surface area contributed by atoms with E-state index in [-0.39, 0.29) is 5.97 Å². The third kappa shape index (κ3) is 5.51.